The van der Waals surface area contributed by atoms with E-state index in [9.17, 15) is 4.79 Å². The molecule has 1 aromatic carbocycles. The molecule has 21 heavy (non-hydrogen) atoms. The van der Waals surface area contributed by atoms with Crippen molar-refractivity contribution in [2.45, 2.75) is 26.2 Å². The third-order valence-electron chi connectivity index (χ3n) is 3.05. The number of nitriles is 1. The second kappa shape index (κ2) is 5.37. The molecule has 6 nitrogen and oxygen atoms in total. The topological polar surface area (TPSA) is 85.7 Å². The summed E-state index contributed by atoms with van der Waals surface area (Å²) < 4.78 is 0. The lowest BCUT2D eigenvalue weighted by molar-refractivity contribution is 0.0983. The Morgan fingerprint density at radius 1 is 1.38 bits per heavy atom. The first-order valence-electron chi connectivity index (χ1n) is 6.54. The summed E-state index contributed by atoms with van der Waals surface area (Å²) in [6, 6.07) is 8.88. The van der Waals surface area contributed by atoms with Crippen molar-refractivity contribution in [3.8, 4) is 6.07 Å². The molecule has 0 aliphatic carbocycles. The molecule has 0 radical (unpaired) electrons. The largest absolute Gasteiger partial charge is 0.309 e. The summed E-state index contributed by atoms with van der Waals surface area (Å²) in [5, 5.41) is 15.7. The average Bonchev–Trinajstić information content (AvgIpc) is 2.95. The van der Waals surface area contributed by atoms with E-state index in [1.165, 1.54) is 4.90 Å². The Labute approximate surface area is 123 Å². The Morgan fingerprint density at radius 3 is 2.67 bits per heavy atom. The third kappa shape index (κ3) is 3.08. The summed E-state index contributed by atoms with van der Waals surface area (Å²) >= 11 is 0. The maximum absolute atomic E-state index is 12.4. The highest BCUT2D eigenvalue weighted by molar-refractivity contribution is 6.03. The molecule has 0 spiro atoms. The summed E-state index contributed by atoms with van der Waals surface area (Å²) in [6.07, 6.45) is 0. The second-order valence-corrected chi connectivity index (χ2v) is 5.78. The molecule has 1 aromatic heterocycles. The van der Waals surface area contributed by atoms with Gasteiger partial charge >= 0.3 is 0 Å². The van der Waals surface area contributed by atoms with Crippen LogP contribution in [0.25, 0.3) is 0 Å². The van der Waals surface area contributed by atoms with Crippen LogP contribution in [0.2, 0.25) is 0 Å². The fourth-order valence-corrected chi connectivity index (χ4v) is 1.74. The number of amides is 1. The second-order valence-electron chi connectivity index (χ2n) is 5.78. The standard InChI is InChI=1S/C15H17N5O/c1-15(2,3)14-17-12(18-19-14)13(21)20(4)11-7-5-6-10(8-11)9-16/h5-8H,1-4H3,(H,17,18,19). The van der Waals surface area contributed by atoms with Gasteiger partial charge in [-0.2, -0.15) is 5.26 Å². The molecule has 0 unspecified atom stereocenters. The summed E-state index contributed by atoms with van der Waals surface area (Å²) in [7, 11) is 1.63. The number of carbonyl (C=O) groups excluding carboxylic acids is 1. The molecule has 1 N–H and O–H groups in total. The van der Waals surface area contributed by atoms with Gasteiger partial charge < -0.3 is 4.90 Å². The van der Waals surface area contributed by atoms with Gasteiger partial charge in [-0.1, -0.05) is 26.8 Å². The molecule has 2 rings (SSSR count). The summed E-state index contributed by atoms with van der Waals surface area (Å²) in [4.78, 5) is 18.1. The maximum atomic E-state index is 12.4. The van der Waals surface area contributed by atoms with E-state index in [0.717, 1.165) is 0 Å². The number of hydrogen-bond donors (Lipinski definition) is 1. The molecule has 0 saturated carbocycles. The van der Waals surface area contributed by atoms with E-state index in [1.54, 1.807) is 31.3 Å². The van der Waals surface area contributed by atoms with Crippen LogP contribution in [0.3, 0.4) is 0 Å². The first kappa shape index (κ1) is 14.7. The summed E-state index contributed by atoms with van der Waals surface area (Å²) in [5.41, 5.74) is 0.920. The van der Waals surface area contributed by atoms with Gasteiger partial charge in [0, 0.05) is 18.2 Å². The Balaban J connectivity index is 2.27. The number of hydrogen-bond acceptors (Lipinski definition) is 4. The minimum absolute atomic E-state index is 0.116. The smallest absolute Gasteiger partial charge is 0.297 e. The monoisotopic (exact) mass is 283 g/mol. The van der Waals surface area contributed by atoms with Crippen molar-refractivity contribution in [1.29, 1.82) is 5.26 Å². The first-order valence-corrected chi connectivity index (χ1v) is 6.54. The highest BCUT2D eigenvalue weighted by Gasteiger charge is 2.23. The predicted molar refractivity (Wildman–Crippen MR) is 79.0 cm³/mol. The zero-order chi connectivity index (χ0) is 15.6. The van der Waals surface area contributed by atoms with Gasteiger partial charge in [-0.15, -0.1) is 5.10 Å². The number of nitrogens with one attached hydrogen (secondary N) is 1. The lowest BCUT2D eigenvalue weighted by Crippen LogP contribution is -2.27. The number of rotatable bonds is 2. The van der Waals surface area contributed by atoms with Crippen molar-refractivity contribution < 1.29 is 4.79 Å². The minimum atomic E-state index is -0.322. The van der Waals surface area contributed by atoms with Crippen molar-refractivity contribution in [2.75, 3.05) is 11.9 Å². The number of carbonyl (C=O) groups is 1. The van der Waals surface area contributed by atoms with Gasteiger partial charge in [0.15, 0.2) is 0 Å². The molecular weight excluding hydrogens is 266 g/mol. The van der Waals surface area contributed by atoms with E-state index >= 15 is 0 Å². The van der Waals surface area contributed by atoms with Gasteiger partial charge in [0.25, 0.3) is 5.91 Å². The van der Waals surface area contributed by atoms with Crippen molar-refractivity contribution in [3.63, 3.8) is 0 Å². The maximum Gasteiger partial charge on any atom is 0.297 e. The normalized spacial score (nSPS) is 11.0. The number of aromatic amines is 1. The van der Waals surface area contributed by atoms with Crippen LogP contribution in [0.15, 0.2) is 24.3 Å². The van der Waals surface area contributed by atoms with Gasteiger partial charge in [0.05, 0.1) is 11.6 Å². The fourth-order valence-electron chi connectivity index (χ4n) is 1.74. The molecule has 1 heterocycles. The number of benzene rings is 1. The minimum Gasteiger partial charge on any atom is -0.309 e. The third-order valence-corrected chi connectivity index (χ3v) is 3.05. The van der Waals surface area contributed by atoms with Crippen molar-refractivity contribution in [1.82, 2.24) is 15.2 Å². The van der Waals surface area contributed by atoms with E-state index in [-0.39, 0.29) is 17.1 Å². The van der Waals surface area contributed by atoms with Crippen LogP contribution in [-0.2, 0) is 5.41 Å². The Hall–Kier alpha value is -2.68. The molecule has 0 aliphatic rings. The molecule has 108 valence electrons. The Bertz CT molecular complexity index is 705. The molecule has 1 amide bonds. The van der Waals surface area contributed by atoms with Crippen LogP contribution in [0.1, 0.15) is 42.8 Å². The SMILES string of the molecule is CN(C(=O)c1n[nH]c(C(C)(C)C)n1)c1cccc(C#N)c1. The van der Waals surface area contributed by atoms with E-state index in [1.807, 2.05) is 26.8 Å². The zero-order valence-corrected chi connectivity index (χ0v) is 12.5. The van der Waals surface area contributed by atoms with E-state index < -0.39 is 0 Å². The number of anilines is 1. The summed E-state index contributed by atoms with van der Waals surface area (Å²) in [6.45, 7) is 5.96. The van der Waals surface area contributed by atoms with Gasteiger partial charge in [-0.25, -0.2) is 4.98 Å². The van der Waals surface area contributed by atoms with Gasteiger partial charge in [0.2, 0.25) is 5.82 Å². The molecule has 2 aromatic rings. The van der Waals surface area contributed by atoms with Crippen LogP contribution < -0.4 is 4.90 Å². The molecule has 0 fully saturated rings. The van der Waals surface area contributed by atoms with Gasteiger partial charge in [-0.05, 0) is 18.2 Å². The molecule has 0 aliphatic heterocycles. The predicted octanol–water partition coefficient (Wildman–Crippen LogP) is 2.25. The fraction of sp³-hybridized carbons (Fsp3) is 0.333. The highest BCUT2D eigenvalue weighted by Crippen LogP contribution is 2.19. The quantitative estimate of drug-likeness (QED) is 0.915. The molecule has 0 bridgehead atoms. The molecular formula is C15H17N5O. The first-order chi connectivity index (χ1) is 9.82. The van der Waals surface area contributed by atoms with E-state index in [0.29, 0.717) is 17.1 Å². The molecule has 6 heteroatoms. The van der Waals surface area contributed by atoms with E-state index in [4.69, 9.17) is 5.26 Å². The van der Waals surface area contributed by atoms with Gasteiger partial charge in [0.1, 0.15) is 5.82 Å². The van der Waals surface area contributed by atoms with Crippen molar-refractivity contribution in [2.24, 2.45) is 0 Å². The molecule has 0 atom stereocenters. The van der Waals surface area contributed by atoms with Crippen molar-refractivity contribution in [3.05, 3.63) is 41.5 Å². The van der Waals surface area contributed by atoms with Crippen molar-refractivity contribution >= 4 is 11.6 Å². The Kier molecular flexibility index (Phi) is 3.76. The average molecular weight is 283 g/mol. The number of H-pyrrole nitrogens is 1. The van der Waals surface area contributed by atoms with Crippen LogP contribution in [0, 0.1) is 11.3 Å². The number of nitrogens with zero attached hydrogens (tertiary/aromatic N) is 4. The summed E-state index contributed by atoms with van der Waals surface area (Å²) in [5.74, 6) is 0.451. The molecule has 0 saturated heterocycles. The lowest BCUT2D eigenvalue weighted by atomic mass is 9.96. The van der Waals surface area contributed by atoms with Crippen LogP contribution in [0.4, 0.5) is 5.69 Å². The zero-order valence-electron chi connectivity index (χ0n) is 12.5. The number of aromatic nitrogens is 3. The van der Waals surface area contributed by atoms with Crippen LogP contribution >= 0.6 is 0 Å². The van der Waals surface area contributed by atoms with Gasteiger partial charge in [-0.3, -0.25) is 9.89 Å². The van der Waals surface area contributed by atoms with E-state index in [2.05, 4.69) is 15.2 Å². The Morgan fingerprint density at radius 2 is 2.10 bits per heavy atom. The lowest BCUT2D eigenvalue weighted by Gasteiger charge is -2.16. The highest BCUT2D eigenvalue weighted by atomic mass is 16.2. The van der Waals surface area contributed by atoms with Crippen LogP contribution in [0.5, 0.6) is 0 Å². The van der Waals surface area contributed by atoms with Crippen LogP contribution in [-0.4, -0.2) is 28.1 Å².